The molecule has 0 bridgehead atoms. The summed E-state index contributed by atoms with van der Waals surface area (Å²) in [7, 11) is 0. The lowest BCUT2D eigenvalue weighted by Gasteiger charge is -1.88. The van der Waals surface area contributed by atoms with Crippen LogP contribution < -0.4 is 0 Å². The minimum Gasteiger partial charge on any atom is -0.477 e. The molecular formula is C11H6O2. The van der Waals surface area contributed by atoms with Crippen LogP contribution >= 0.6 is 0 Å². The van der Waals surface area contributed by atoms with Gasteiger partial charge in [0.2, 0.25) is 0 Å². The third-order valence-electron chi connectivity index (χ3n) is 2.65. The van der Waals surface area contributed by atoms with E-state index in [0.717, 1.165) is 17.1 Å². The molecule has 1 aromatic carbocycles. The van der Waals surface area contributed by atoms with Gasteiger partial charge in [-0.2, -0.15) is 0 Å². The third-order valence-corrected chi connectivity index (χ3v) is 2.65. The SMILES string of the molecule is C1=C2OC2c2c1oc1ccccc21. The quantitative estimate of drug-likeness (QED) is 0.568. The fourth-order valence-corrected chi connectivity index (χ4v) is 2.00. The van der Waals surface area contributed by atoms with Crippen molar-refractivity contribution in [3.05, 3.63) is 41.3 Å². The fourth-order valence-electron chi connectivity index (χ4n) is 2.00. The second-order valence-corrected chi connectivity index (χ2v) is 3.42. The van der Waals surface area contributed by atoms with Crippen molar-refractivity contribution in [2.45, 2.75) is 6.10 Å². The molecule has 13 heavy (non-hydrogen) atoms. The Morgan fingerprint density at radius 1 is 1.15 bits per heavy atom. The normalized spacial score (nSPS) is 22.2. The van der Waals surface area contributed by atoms with E-state index in [-0.39, 0.29) is 6.10 Å². The van der Waals surface area contributed by atoms with Crippen LogP contribution in [0.2, 0.25) is 0 Å². The first kappa shape index (κ1) is 5.86. The molecule has 1 saturated heterocycles. The van der Waals surface area contributed by atoms with E-state index in [1.165, 1.54) is 10.9 Å². The maximum atomic E-state index is 5.65. The molecule has 1 atom stereocenters. The van der Waals surface area contributed by atoms with Crippen molar-refractivity contribution >= 4 is 17.0 Å². The number of para-hydroxylation sites is 1. The largest absolute Gasteiger partial charge is 0.477 e. The van der Waals surface area contributed by atoms with Crippen LogP contribution in [0.1, 0.15) is 17.4 Å². The topological polar surface area (TPSA) is 25.7 Å². The summed E-state index contributed by atoms with van der Waals surface area (Å²) in [6.07, 6.45) is 2.19. The first-order chi connectivity index (χ1) is 6.43. The molecular weight excluding hydrogens is 164 g/mol. The predicted molar refractivity (Wildman–Crippen MR) is 48.0 cm³/mol. The second kappa shape index (κ2) is 1.64. The molecule has 2 heterocycles. The van der Waals surface area contributed by atoms with Crippen molar-refractivity contribution in [1.82, 2.24) is 0 Å². The molecule has 0 saturated carbocycles. The lowest BCUT2D eigenvalue weighted by Crippen LogP contribution is -1.75. The fraction of sp³-hybridized carbons (Fsp3) is 0.0909. The van der Waals surface area contributed by atoms with Gasteiger partial charge in [0.05, 0.1) is 5.56 Å². The second-order valence-electron chi connectivity index (χ2n) is 3.42. The van der Waals surface area contributed by atoms with Crippen LogP contribution in [0.3, 0.4) is 0 Å². The van der Waals surface area contributed by atoms with Crippen molar-refractivity contribution < 1.29 is 9.15 Å². The Morgan fingerprint density at radius 3 is 3.08 bits per heavy atom. The summed E-state index contributed by atoms with van der Waals surface area (Å²) < 4.78 is 11.0. The van der Waals surface area contributed by atoms with Crippen molar-refractivity contribution in [3.8, 4) is 0 Å². The minimum absolute atomic E-state index is 0.207. The zero-order chi connectivity index (χ0) is 8.41. The summed E-state index contributed by atoms with van der Waals surface area (Å²) in [6, 6.07) is 8.08. The van der Waals surface area contributed by atoms with Gasteiger partial charge in [0.15, 0.2) is 6.10 Å². The Morgan fingerprint density at radius 2 is 2.08 bits per heavy atom. The smallest absolute Gasteiger partial charge is 0.185 e. The Hall–Kier alpha value is -1.70. The molecule has 2 nitrogen and oxygen atoms in total. The van der Waals surface area contributed by atoms with Gasteiger partial charge in [0.1, 0.15) is 17.1 Å². The van der Waals surface area contributed by atoms with Gasteiger partial charge >= 0.3 is 0 Å². The molecule has 2 aliphatic rings. The van der Waals surface area contributed by atoms with E-state index in [2.05, 4.69) is 6.07 Å². The van der Waals surface area contributed by atoms with Gasteiger partial charge in [-0.1, -0.05) is 18.2 Å². The average Bonchev–Trinajstić information content (AvgIpc) is 2.69. The zero-order valence-electron chi connectivity index (χ0n) is 6.78. The number of benzene rings is 1. The Labute approximate surface area is 74.4 Å². The maximum Gasteiger partial charge on any atom is 0.185 e. The molecule has 4 rings (SSSR count). The van der Waals surface area contributed by atoms with Gasteiger partial charge in [-0.05, 0) is 6.07 Å². The third kappa shape index (κ3) is 0.569. The van der Waals surface area contributed by atoms with E-state index >= 15 is 0 Å². The summed E-state index contributed by atoms with van der Waals surface area (Å²) >= 11 is 0. The van der Waals surface area contributed by atoms with E-state index in [9.17, 15) is 0 Å². The van der Waals surface area contributed by atoms with Gasteiger partial charge in [-0.3, -0.25) is 0 Å². The highest BCUT2D eigenvalue weighted by Gasteiger charge is 2.44. The number of fused-ring (bicyclic) bond motifs is 5. The average molecular weight is 170 g/mol. The molecule has 0 radical (unpaired) electrons. The zero-order valence-corrected chi connectivity index (χ0v) is 6.78. The van der Waals surface area contributed by atoms with E-state index < -0.39 is 0 Å². The first-order valence-corrected chi connectivity index (χ1v) is 4.33. The van der Waals surface area contributed by atoms with E-state index in [1.54, 1.807) is 0 Å². The molecule has 1 aliphatic carbocycles. The van der Waals surface area contributed by atoms with Crippen LogP contribution in [0.15, 0.2) is 34.4 Å². The summed E-state index contributed by atoms with van der Waals surface area (Å²) in [4.78, 5) is 0. The number of epoxide rings is 1. The van der Waals surface area contributed by atoms with Crippen LogP contribution in [-0.4, -0.2) is 0 Å². The molecule has 62 valence electrons. The van der Waals surface area contributed by atoms with Crippen molar-refractivity contribution in [3.63, 3.8) is 0 Å². The van der Waals surface area contributed by atoms with Gasteiger partial charge in [-0.25, -0.2) is 0 Å². The predicted octanol–water partition coefficient (Wildman–Crippen LogP) is 2.86. The van der Waals surface area contributed by atoms with Crippen molar-refractivity contribution in [1.29, 1.82) is 0 Å². The van der Waals surface area contributed by atoms with Gasteiger partial charge in [0, 0.05) is 11.5 Å². The molecule has 2 aromatic rings. The highest BCUT2D eigenvalue weighted by Crippen LogP contribution is 2.54. The standard InChI is InChI=1S/C11H6O2/c1-2-4-7-6(3-1)10-8(12-7)5-9-11(10)13-9/h1-5,11H. The molecule has 1 aromatic heterocycles. The number of hydrogen-bond donors (Lipinski definition) is 0. The minimum atomic E-state index is 0.207. The monoisotopic (exact) mass is 170 g/mol. The van der Waals surface area contributed by atoms with Crippen molar-refractivity contribution in [2.24, 2.45) is 0 Å². The Bertz CT molecular complexity index is 548. The summed E-state index contributed by atoms with van der Waals surface area (Å²) in [5.74, 6) is 2.03. The summed E-state index contributed by atoms with van der Waals surface area (Å²) in [5.41, 5.74) is 2.17. The van der Waals surface area contributed by atoms with E-state index in [0.29, 0.717) is 0 Å². The van der Waals surface area contributed by atoms with Crippen LogP contribution in [0.5, 0.6) is 0 Å². The number of furan rings is 1. The highest BCUT2D eigenvalue weighted by atomic mass is 16.6. The van der Waals surface area contributed by atoms with Crippen LogP contribution in [0, 0.1) is 0 Å². The van der Waals surface area contributed by atoms with Crippen molar-refractivity contribution in [2.75, 3.05) is 0 Å². The maximum absolute atomic E-state index is 5.65. The van der Waals surface area contributed by atoms with Gasteiger partial charge in [-0.15, -0.1) is 0 Å². The van der Waals surface area contributed by atoms with Gasteiger partial charge < -0.3 is 9.15 Å². The number of hydrogen-bond acceptors (Lipinski definition) is 2. The van der Waals surface area contributed by atoms with E-state index in [4.69, 9.17) is 9.15 Å². The summed E-state index contributed by atoms with van der Waals surface area (Å²) in [5, 5.41) is 1.19. The lowest BCUT2D eigenvalue weighted by atomic mass is 10.1. The van der Waals surface area contributed by atoms with Crippen LogP contribution in [0.4, 0.5) is 0 Å². The summed E-state index contributed by atoms with van der Waals surface area (Å²) in [6.45, 7) is 0. The Balaban J connectivity index is 2.21. The molecule has 0 N–H and O–H groups in total. The number of rotatable bonds is 0. The molecule has 0 amide bonds. The lowest BCUT2D eigenvalue weighted by molar-refractivity contribution is 0.429. The van der Waals surface area contributed by atoms with Crippen LogP contribution in [-0.2, 0) is 4.74 Å². The highest BCUT2D eigenvalue weighted by molar-refractivity contribution is 5.89. The number of ether oxygens (including phenoxy) is 1. The first-order valence-electron chi connectivity index (χ1n) is 4.33. The molecule has 1 unspecified atom stereocenters. The molecule has 1 aliphatic heterocycles. The molecule has 0 spiro atoms. The van der Waals surface area contributed by atoms with Crippen LogP contribution in [0.25, 0.3) is 17.0 Å². The molecule has 2 heteroatoms. The van der Waals surface area contributed by atoms with E-state index in [1.807, 2.05) is 24.3 Å². The molecule has 1 fully saturated rings. The Kier molecular flexibility index (Phi) is 0.740. The van der Waals surface area contributed by atoms with Gasteiger partial charge in [0.25, 0.3) is 0 Å².